The van der Waals surface area contributed by atoms with Gasteiger partial charge in [-0.05, 0) is 37.0 Å². The lowest BCUT2D eigenvalue weighted by Gasteiger charge is -2.47. The number of aromatic amines is 1. The van der Waals surface area contributed by atoms with E-state index < -0.39 is 6.04 Å². The SMILES string of the molecule is Cc1cccc(C2c3[nH]c4ccccc4c3C[C@@H]3C(=O)N(CC4CCCO4)CC(=O)N23)c1. The fraction of sp³-hybridized carbons (Fsp3) is 0.385. The zero-order valence-corrected chi connectivity index (χ0v) is 18.2. The number of nitrogens with one attached hydrogen (secondary N) is 1. The number of nitrogens with zero attached hydrogens (tertiary/aromatic N) is 2. The summed E-state index contributed by atoms with van der Waals surface area (Å²) in [6.45, 7) is 3.42. The third kappa shape index (κ3) is 3.05. The van der Waals surface area contributed by atoms with E-state index in [-0.39, 0.29) is 30.5 Å². The molecule has 2 saturated heterocycles. The molecule has 3 aromatic rings. The average Bonchev–Trinajstić information content (AvgIpc) is 3.43. The molecular weight excluding hydrogens is 402 g/mol. The third-order valence-corrected chi connectivity index (χ3v) is 7.15. The molecule has 164 valence electrons. The molecular formula is C26H27N3O3. The first-order valence-electron chi connectivity index (χ1n) is 11.5. The van der Waals surface area contributed by atoms with Gasteiger partial charge in [-0.2, -0.15) is 0 Å². The molecule has 3 aliphatic heterocycles. The van der Waals surface area contributed by atoms with Gasteiger partial charge in [0.25, 0.3) is 0 Å². The molecule has 0 spiro atoms. The van der Waals surface area contributed by atoms with Crippen LogP contribution in [0.15, 0.2) is 48.5 Å². The summed E-state index contributed by atoms with van der Waals surface area (Å²) < 4.78 is 5.76. The number of hydrogen-bond acceptors (Lipinski definition) is 3. The van der Waals surface area contributed by atoms with Gasteiger partial charge in [0, 0.05) is 36.2 Å². The Morgan fingerprint density at radius 3 is 2.81 bits per heavy atom. The summed E-state index contributed by atoms with van der Waals surface area (Å²) in [6.07, 6.45) is 2.54. The normalized spacial score (nSPS) is 25.3. The van der Waals surface area contributed by atoms with Crippen LogP contribution in [0.4, 0.5) is 0 Å². The zero-order valence-electron chi connectivity index (χ0n) is 18.2. The first-order chi connectivity index (χ1) is 15.6. The number of hydrogen-bond donors (Lipinski definition) is 1. The van der Waals surface area contributed by atoms with Crippen LogP contribution in [0.2, 0.25) is 0 Å². The number of rotatable bonds is 3. The first kappa shape index (κ1) is 19.6. The van der Waals surface area contributed by atoms with Gasteiger partial charge in [-0.25, -0.2) is 0 Å². The molecule has 2 amide bonds. The lowest BCUT2D eigenvalue weighted by Crippen LogP contribution is -2.63. The van der Waals surface area contributed by atoms with Crippen molar-refractivity contribution in [2.75, 3.05) is 19.7 Å². The topological polar surface area (TPSA) is 65.6 Å². The van der Waals surface area contributed by atoms with Crippen molar-refractivity contribution in [1.29, 1.82) is 0 Å². The predicted octanol–water partition coefficient (Wildman–Crippen LogP) is 3.34. The molecule has 2 fully saturated rings. The number of amides is 2. The van der Waals surface area contributed by atoms with Gasteiger partial charge in [0.1, 0.15) is 6.04 Å². The van der Waals surface area contributed by atoms with Crippen LogP contribution in [0.25, 0.3) is 10.9 Å². The lowest BCUT2D eigenvalue weighted by atomic mass is 9.86. The molecule has 0 bridgehead atoms. The van der Waals surface area contributed by atoms with Crippen LogP contribution in [0.3, 0.4) is 0 Å². The smallest absolute Gasteiger partial charge is 0.246 e. The Morgan fingerprint density at radius 1 is 1.12 bits per heavy atom. The average molecular weight is 430 g/mol. The number of ether oxygens (including phenoxy) is 1. The number of H-pyrrole nitrogens is 1. The van der Waals surface area contributed by atoms with Gasteiger partial charge in [0.05, 0.1) is 18.7 Å². The van der Waals surface area contributed by atoms with E-state index in [9.17, 15) is 9.59 Å². The van der Waals surface area contributed by atoms with Crippen LogP contribution in [0.1, 0.15) is 41.3 Å². The second-order valence-electron chi connectivity index (χ2n) is 9.25. The summed E-state index contributed by atoms with van der Waals surface area (Å²) in [7, 11) is 0. The maximum Gasteiger partial charge on any atom is 0.246 e. The van der Waals surface area contributed by atoms with Gasteiger partial charge in [-0.1, -0.05) is 48.0 Å². The number of aryl methyl sites for hydroxylation is 1. The Morgan fingerprint density at radius 2 is 2.00 bits per heavy atom. The van der Waals surface area contributed by atoms with Crippen molar-refractivity contribution < 1.29 is 14.3 Å². The molecule has 2 aromatic carbocycles. The fourth-order valence-corrected chi connectivity index (χ4v) is 5.70. The van der Waals surface area contributed by atoms with Crippen LogP contribution in [0.5, 0.6) is 0 Å². The van der Waals surface area contributed by atoms with Crippen molar-refractivity contribution >= 4 is 22.7 Å². The summed E-state index contributed by atoms with van der Waals surface area (Å²) in [5, 5.41) is 1.14. The molecule has 6 heteroatoms. The van der Waals surface area contributed by atoms with E-state index in [1.807, 2.05) is 23.1 Å². The van der Waals surface area contributed by atoms with Gasteiger partial charge in [0.2, 0.25) is 11.8 Å². The first-order valence-corrected chi connectivity index (χ1v) is 11.5. The fourth-order valence-electron chi connectivity index (χ4n) is 5.70. The third-order valence-electron chi connectivity index (χ3n) is 7.15. The zero-order chi connectivity index (χ0) is 21.8. The van der Waals surface area contributed by atoms with Gasteiger partial charge in [-0.15, -0.1) is 0 Å². The van der Waals surface area contributed by atoms with Crippen LogP contribution in [-0.2, 0) is 20.7 Å². The number of aromatic nitrogens is 1. The van der Waals surface area contributed by atoms with E-state index in [0.717, 1.165) is 52.7 Å². The largest absolute Gasteiger partial charge is 0.376 e. The molecule has 0 saturated carbocycles. The Kier molecular flexibility index (Phi) is 4.57. The van der Waals surface area contributed by atoms with Crippen LogP contribution >= 0.6 is 0 Å². The number of para-hydroxylation sites is 1. The number of benzene rings is 2. The molecule has 6 nitrogen and oxygen atoms in total. The Balaban J connectivity index is 1.46. The standard InChI is InChI=1S/C26H27N3O3/c1-16-6-4-7-17(12-16)25-24-20(19-9-2-3-10-21(19)27-24)13-22-26(31)28(15-23(30)29(22)25)14-18-8-5-11-32-18/h2-4,6-7,9-10,12,18,22,25,27H,5,8,11,13-15H2,1H3/t18?,22-,25?/m1/s1. The molecule has 32 heavy (non-hydrogen) atoms. The summed E-state index contributed by atoms with van der Waals surface area (Å²) >= 11 is 0. The number of piperazine rings is 1. The van der Waals surface area contributed by atoms with E-state index in [2.05, 4.69) is 42.2 Å². The number of carbonyl (C=O) groups is 2. The molecule has 3 aliphatic rings. The monoisotopic (exact) mass is 429 g/mol. The number of carbonyl (C=O) groups excluding carboxylic acids is 2. The van der Waals surface area contributed by atoms with Crippen LogP contribution in [-0.4, -0.2) is 58.4 Å². The predicted molar refractivity (Wildman–Crippen MR) is 121 cm³/mol. The molecule has 1 aromatic heterocycles. The van der Waals surface area contributed by atoms with E-state index in [0.29, 0.717) is 13.0 Å². The minimum Gasteiger partial charge on any atom is -0.376 e. The molecule has 2 unspecified atom stereocenters. The highest BCUT2D eigenvalue weighted by molar-refractivity contribution is 5.97. The lowest BCUT2D eigenvalue weighted by molar-refractivity contribution is -0.159. The Hall–Kier alpha value is -3.12. The van der Waals surface area contributed by atoms with Crippen molar-refractivity contribution in [3.8, 4) is 0 Å². The molecule has 3 atom stereocenters. The minimum absolute atomic E-state index is 0.00316. The van der Waals surface area contributed by atoms with E-state index >= 15 is 0 Å². The summed E-state index contributed by atoms with van der Waals surface area (Å²) in [4.78, 5) is 34.3. The van der Waals surface area contributed by atoms with Crippen LogP contribution < -0.4 is 0 Å². The highest BCUT2D eigenvalue weighted by atomic mass is 16.5. The maximum atomic E-state index is 13.7. The molecule has 6 rings (SSSR count). The maximum absolute atomic E-state index is 13.7. The van der Waals surface area contributed by atoms with Gasteiger partial charge in [0.15, 0.2) is 0 Å². The van der Waals surface area contributed by atoms with Crippen LogP contribution in [0, 0.1) is 6.92 Å². The highest BCUT2D eigenvalue weighted by Gasteiger charge is 2.48. The summed E-state index contributed by atoms with van der Waals surface area (Å²) in [5.74, 6) is 0.0390. The molecule has 0 aliphatic carbocycles. The quantitative estimate of drug-likeness (QED) is 0.695. The molecule has 4 heterocycles. The summed E-state index contributed by atoms with van der Waals surface area (Å²) in [6, 6.07) is 15.7. The second-order valence-corrected chi connectivity index (χ2v) is 9.25. The Labute approximate surface area is 187 Å². The molecule has 1 N–H and O–H groups in total. The minimum atomic E-state index is -0.491. The van der Waals surface area contributed by atoms with E-state index in [1.165, 1.54) is 0 Å². The van der Waals surface area contributed by atoms with E-state index in [4.69, 9.17) is 4.74 Å². The second kappa shape index (κ2) is 7.48. The van der Waals surface area contributed by atoms with Crippen molar-refractivity contribution in [2.24, 2.45) is 0 Å². The van der Waals surface area contributed by atoms with Gasteiger partial charge in [-0.3, -0.25) is 9.59 Å². The van der Waals surface area contributed by atoms with E-state index in [1.54, 1.807) is 4.90 Å². The van der Waals surface area contributed by atoms with Gasteiger partial charge < -0.3 is 19.5 Å². The van der Waals surface area contributed by atoms with Crippen molar-refractivity contribution in [3.63, 3.8) is 0 Å². The Bertz CT molecular complexity index is 1210. The van der Waals surface area contributed by atoms with Crippen molar-refractivity contribution in [1.82, 2.24) is 14.8 Å². The highest BCUT2D eigenvalue weighted by Crippen LogP contribution is 2.42. The van der Waals surface area contributed by atoms with Gasteiger partial charge >= 0.3 is 0 Å². The van der Waals surface area contributed by atoms with Crippen molar-refractivity contribution in [2.45, 2.75) is 44.4 Å². The molecule has 0 radical (unpaired) electrons. The number of fused-ring (bicyclic) bond motifs is 4. The summed E-state index contributed by atoms with van der Waals surface area (Å²) in [5.41, 5.74) is 5.40. The van der Waals surface area contributed by atoms with Crippen molar-refractivity contribution in [3.05, 3.63) is 70.9 Å².